The summed E-state index contributed by atoms with van der Waals surface area (Å²) in [6.07, 6.45) is 1.62. The molecule has 0 unspecified atom stereocenters. The third-order valence-electron chi connectivity index (χ3n) is 5.55. The Kier molecular flexibility index (Phi) is 6.48. The van der Waals surface area contributed by atoms with Crippen molar-refractivity contribution >= 4 is 17.6 Å². The van der Waals surface area contributed by atoms with Crippen LogP contribution in [0.3, 0.4) is 0 Å². The predicted octanol–water partition coefficient (Wildman–Crippen LogP) is 0.504. The summed E-state index contributed by atoms with van der Waals surface area (Å²) in [5, 5.41) is 10.3. The summed E-state index contributed by atoms with van der Waals surface area (Å²) in [4.78, 5) is 22.8. The number of rotatable bonds is 5. The predicted molar refractivity (Wildman–Crippen MR) is 115 cm³/mol. The fraction of sp³-hybridized carbons (Fsp3) is 0.476. The first kappa shape index (κ1) is 20.2. The highest BCUT2D eigenvalue weighted by molar-refractivity contribution is 5.82. The van der Waals surface area contributed by atoms with E-state index in [1.165, 1.54) is 5.56 Å². The molecule has 9 heteroatoms. The first-order chi connectivity index (χ1) is 14.7. The van der Waals surface area contributed by atoms with Gasteiger partial charge in [-0.15, -0.1) is 0 Å². The molecule has 160 valence electrons. The van der Waals surface area contributed by atoms with Crippen LogP contribution >= 0.6 is 0 Å². The Morgan fingerprint density at radius 2 is 1.97 bits per heavy atom. The quantitative estimate of drug-likeness (QED) is 0.547. The molecule has 2 aliphatic heterocycles. The lowest BCUT2D eigenvalue weighted by Gasteiger charge is -2.36. The van der Waals surface area contributed by atoms with Gasteiger partial charge in [0, 0.05) is 71.2 Å². The number of nitrogens with one attached hydrogen (secondary N) is 2. The summed E-state index contributed by atoms with van der Waals surface area (Å²) in [5.41, 5.74) is 3.24. The topological polar surface area (TPSA) is 89.2 Å². The lowest BCUT2D eigenvalue weighted by molar-refractivity contribution is -0.120. The van der Waals surface area contributed by atoms with Gasteiger partial charge in [0.25, 0.3) is 0 Å². The van der Waals surface area contributed by atoms with E-state index in [-0.39, 0.29) is 5.91 Å². The minimum atomic E-state index is 0.0805. The second-order valence-electron chi connectivity index (χ2n) is 7.59. The molecular formula is C21H29N7O2. The van der Waals surface area contributed by atoms with Crippen molar-refractivity contribution in [2.45, 2.75) is 13.1 Å². The lowest BCUT2D eigenvalue weighted by atomic mass is 10.2. The van der Waals surface area contributed by atoms with E-state index in [1.54, 1.807) is 6.26 Å². The van der Waals surface area contributed by atoms with Crippen molar-refractivity contribution in [1.82, 2.24) is 25.6 Å². The Balaban J connectivity index is 1.25. The summed E-state index contributed by atoms with van der Waals surface area (Å²) >= 11 is 0. The third-order valence-corrected chi connectivity index (χ3v) is 5.55. The fourth-order valence-electron chi connectivity index (χ4n) is 3.86. The SMILES string of the molecule is CN=C(NCc1ccc(N2CCNC(=O)C2)cc1)N1CCN(Cc2ccon2)CC1. The highest BCUT2D eigenvalue weighted by Gasteiger charge is 2.20. The van der Waals surface area contributed by atoms with Gasteiger partial charge in [-0.05, 0) is 17.7 Å². The van der Waals surface area contributed by atoms with E-state index in [0.29, 0.717) is 19.6 Å². The molecule has 2 N–H and O–H groups in total. The number of carbonyl (C=O) groups is 1. The molecule has 2 saturated heterocycles. The molecule has 3 heterocycles. The summed E-state index contributed by atoms with van der Waals surface area (Å²) in [7, 11) is 1.83. The highest BCUT2D eigenvalue weighted by Crippen LogP contribution is 2.16. The number of carbonyl (C=O) groups excluding carboxylic acids is 1. The van der Waals surface area contributed by atoms with Crippen LogP contribution in [0, 0.1) is 0 Å². The summed E-state index contributed by atoms with van der Waals surface area (Å²) < 4.78 is 4.92. The Morgan fingerprint density at radius 1 is 1.17 bits per heavy atom. The largest absolute Gasteiger partial charge is 0.364 e. The van der Waals surface area contributed by atoms with Gasteiger partial charge in [0.2, 0.25) is 5.91 Å². The molecule has 0 spiro atoms. The van der Waals surface area contributed by atoms with Crippen LogP contribution < -0.4 is 15.5 Å². The Hall–Kier alpha value is -3.07. The van der Waals surface area contributed by atoms with Crippen molar-refractivity contribution in [2.75, 3.05) is 57.8 Å². The standard InChI is InChI=1S/C21H29N7O2/c1-22-21(27-11-9-26(10-12-27)15-18-6-13-30-25-18)24-14-17-2-4-19(5-3-17)28-8-7-23-20(29)16-28/h2-6,13H,7-12,14-16H2,1H3,(H,22,24)(H,23,29). The number of hydrogen-bond acceptors (Lipinski definition) is 6. The molecule has 2 aliphatic rings. The van der Waals surface area contributed by atoms with Gasteiger partial charge >= 0.3 is 0 Å². The Labute approximate surface area is 176 Å². The second kappa shape index (κ2) is 9.62. The molecule has 0 bridgehead atoms. The smallest absolute Gasteiger partial charge is 0.239 e. The minimum Gasteiger partial charge on any atom is -0.364 e. The van der Waals surface area contributed by atoms with Crippen LogP contribution in [0.5, 0.6) is 0 Å². The maximum absolute atomic E-state index is 11.6. The van der Waals surface area contributed by atoms with Gasteiger partial charge in [-0.2, -0.15) is 0 Å². The highest BCUT2D eigenvalue weighted by atomic mass is 16.5. The number of aliphatic imine (C=N–C) groups is 1. The zero-order valence-corrected chi connectivity index (χ0v) is 17.4. The van der Waals surface area contributed by atoms with E-state index < -0.39 is 0 Å². The number of nitrogens with zero attached hydrogens (tertiary/aromatic N) is 5. The van der Waals surface area contributed by atoms with E-state index in [0.717, 1.165) is 56.6 Å². The van der Waals surface area contributed by atoms with Crippen LogP contribution in [0.4, 0.5) is 5.69 Å². The molecular weight excluding hydrogens is 382 g/mol. The van der Waals surface area contributed by atoms with Crippen molar-refractivity contribution < 1.29 is 9.32 Å². The summed E-state index contributed by atoms with van der Waals surface area (Å²) in [5.74, 6) is 1.00. The van der Waals surface area contributed by atoms with E-state index in [4.69, 9.17) is 4.52 Å². The summed E-state index contributed by atoms with van der Waals surface area (Å²) in [6.45, 7) is 7.28. The molecule has 1 amide bonds. The Morgan fingerprint density at radius 3 is 2.63 bits per heavy atom. The minimum absolute atomic E-state index is 0.0805. The number of anilines is 1. The van der Waals surface area contributed by atoms with Crippen molar-refractivity contribution in [2.24, 2.45) is 4.99 Å². The van der Waals surface area contributed by atoms with Gasteiger partial charge < -0.3 is 25.0 Å². The van der Waals surface area contributed by atoms with E-state index in [9.17, 15) is 4.79 Å². The average molecular weight is 412 g/mol. The van der Waals surface area contributed by atoms with Gasteiger partial charge in [0.15, 0.2) is 5.96 Å². The first-order valence-electron chi connectivity index (χ1n) is 10.4. The lowest BCUT2D eigenvalue weighted by Crippen LogP contribution is -2.52. The van der Waals surface area contributed by atoms with E-state index in [2.05, 4.69) is 59.7 Å². The number of hydrogen-bond donors (Lipinski definition) is 2. The number of aromatic nitrogens is 1. The van der Waals surface area contributed by atoms with Crippen LogP contribution in [-0.4, -0.2) is 79.7 Å². The molecule has 1 aromatic carbocycles. The molecule has 2 aromatic rings. The molecule has 0 radical (unpaired) electrons. The maximum atomic E-state index is 11.6. The monoisotopic (exact) mass is 411 g/mol. The molecule has 4 rings (SSSR count). The van der Waals surface area contributed by atoms with E-state index >= 15 is 0 Å². The molecule has 0 atom stereocenters. The number of amides is 1. The normalized spacial score (nSPS) is 18.4. The molecule has 9 nitrogen and oxygen atoms in total. The first-order valence-corrected chi connectivity index (χ1v) is 10.4. The molecule has 1 aromatic heterocycles. The number of guanidine groups is 1. The van der Waals surface area contributed by atoms with Crippen LogP contribution in [0.15, 0.2) is 46.1 Å². The molecule has 2 fully saturated rings. The van der Waals surface area contributed by atoms with Crippen molar-refractivity contribution in [3.8, 4) is 0 Å². The van der Waals surface area contributed by atoms with Crippen molar-refractivity contribution in [3.63, 3.8) is 0 Å². The van der Waals surface area contributed by atoms with Crippen LogP contribution in [0.2, 0.25) is 0 Å². The van der Waals surface area contributed by atoms with Crippen LogP contribution in [0.25, 0.3) is 0 Å². The van der Waals surface area contributed by atoms with Crippen molar-refractivity contribution in [1.29, 1.82) is 0 Å². The Bertz CT molecular complexity index is 843. The number of benzene rings is 1. The molecule has 30 heavy (non-hydrogen) atoms. The summed E-state index contributed by atoms with van der Waals surface area (Å²) in [6, 6.07) is 10.3. The van der Waals surface area contributed by atoms with Gasteiger partial charge in [-0.1, -0.05) is 17.3 Å². The fourth-order valence-corrected chi connectivity index (χ4v) is 3.86. The maximum Gasteiger partial charge on any atom is 0.239 e. The second-order valence-corrected chi connectivity index (χ2v) is 7.59. The zero-order chi connectivity index (χ0) is 20.8. The van der Waals surface area contributed by atoms with Gasteiger partial charge in [-0.3, -0.25) is 14.7 Å². The van der Waals surface area contributed by atoms with E-state index in [1.807, 2.05) is 13.1 Å². The zero-order valence-electron chi connectivity index (χ0n) is 17.4. The third kappa shape index (κ3) is 5.10. The van der Waals surface area contributed by atoms with Gasteiger partial charge in [0.1, 0.15) is 6.26 Å². The van der Waals surface area contributed by atoms with Crippen LogP contribution in [0.1, 0.15) is 11.3 Å². The molecule has 0 saturated carbocycles. The average Bonchev–Trinajstić information content (AvgIpc) is 3.29. The molecule has 0 aliphatic carbocycles. The van der Waals surface area contributed by atoms with Gasteiger partial charge in [0.05, 0.1) is 12.2 Å². The van der Waals surface area contributed by atoms with Crippen LogP contribution in [-0.2, 0) is 17.9 Å². The number of piperazine rings is 2. The van der Waals surface area contributed by atoms with Gasteiger partial charge in [-0.25, -0.2) is 0 Å². The van der Waals surface area contributed by atoms with Crippen molar-refractivity contribution in [3.05, 3.63) is 47.9 Å².